The van der Waals surface area contributed by atoms with Gasteiger partial charge < -0.3 is 10.1 Å². The van der Waals surface area contributed by atoms with E-state index in [-0.39, 0.29) is 18.6 Å². The van der Waals surface area contributed by atoms with Gasteiger partial charge in [-0.3, -0.25) is 0 Å². The standard InChI is InChI=1S/C29H26F3N3O2/c1-2-37-28(36)25(18-22-15-9-10-16-23(22)29(30,31)32)35-27-24(17-20-11-5-3-6-12-20)34-26(19-33-27)21-13-7-4-8-14-21/h3-16,19,25H,2,17-18H2,1H3,(H,33,35). The zero-order valence-corrected chi connectivity index (χ0v) is 20.2. The highest BCUT2D eigenvalue weighted by atomic mass is 19.4. The molecule has 0 radical (unpaired) electrons. The van der Waals surface area contributed by atoms with Crippen LogP contribution < -0.4 is 5.32 Å². The van der Waals surface area contributed by atoms with Crippen LogP contribution in [0.5, 0.6) is 0 Å². The van der Waals surface area contributed by atoms with Crippen LogP contribution in [-0.4, -0.2) is 28.6 Å². The maximum Gasteiger partial charge on any atom is 0.416 e. The first-order valence-corrected chi connectivity index (χ1v) is 11.9. The summed E-state index contributed by atoms with van der Waals surface area (Å²) < 4.78 is 46.1. The van der Waals surface area contributed by atoms with Crippen molar-refractivity contribution in [3.63, 3.8) is 0 Å². The predicted molar refractivity (Wildman–Crippen MR) is 136 cm³/mol. The van der Waals surface area contributed by atoms with Crippen molar-refractivity contribution in [1.82, 2.24) is 9.97 Å². The van der Waals surface area contributed by atoms with E-state index in [0.29, 0.717) is 23.6 Å². The molecule has 3 aromatic carbocycles. The van der Waals surface area contributed by atoms with Gasteiger partial charge in [-0.15, -0.1) is 0 Å². The van der Waals surface area contributed by atoms with E-state index in [1.54, 1.807) is 13.1 Å². The Morgan fingerprint density at radius 1 is 0.946 bits per heavy atom. The summed E-state index contributed by atoms with van der Waals surface area (Å²) in [5.41, 5.74) is 2.25. The number of carbonyl (C=O) groups is 1. The van der Waals surface area contributed by atoms with E-state index in [1.807, 2.05) is 60.7 Å². The van der Waals surface area contributed by atoms with Gasteiger partial charge in [-0.2, -0.15) is 13.2 Å². The maximum atomic E-state index is 13.6. The molecule has 5 nitrogen and oxygen atoms in total. The molecule has 4 aromatic rings. The van der Waals surface area contributed by atoms with Crippen molar-refractivity contribution in [2.24, 2.45) is 0 Å². The molecule has 0 saturated carbocycles. The van der Waals surface area contributed by atoms with Crippen LogP contribution in [-0.2, 0) is 28.5 Å². The molecule has 0 aliphatic rings. The van der Waals surface area contributed by atoms with E-state index in [4.69, 9.17) is 9.72 Å². The van der Waals surface area contributed by atoms with Gasteiger partial charge in [-0.25, -0.2) is 14.8 Å². The quantitative estimate of drug-likeness (QED) is 0.269. The highest BCUT2D eigenvalue weighted by Gasteiger charge is 2.34. The number of ether oxygens (including phenoxy) is 1. The van der Waals surface area contributed by atoms with Gasteiger partial charge in [0.25, 0.3) is 0 Å². The third-order valence-corrected chi connectivity index (χ3v) is 5.76. The third kappa shape index (κ3) is 6.73. The van der Waals surface area contributed by atoms with Gasteiger partial charge in [0.05, 0.1) is 29.8 Å². The second-order valence-electron chi connectivity index (χ2n) is 8.39. The lowest BCUT2D eigenvalue weighted by atomic mass is 9.99. The molecule has 1 N–H and O–H groups in total. The molecule has 1 unspecified atom stereocenters. The molecule has 1 atom stereocenters. The molecule has 1 aromatic heterocycles. The van der Waals surface area contributed by atoms with Crippen molar-refractivity contribution >= 4 is 11.8 Å². The van der Waals surface area contributed by atoms with Gasteiger partial charge >= 0.3 is 12.1 Å². The summed E-state index contributed by atoms with van der Waals surface area (Å²) in [6.45, 7) is 1.74. The van der Waals surface area contributed by atoms with Crippen LogP contribution in [0.15, 0.2) is 91.1 Å². The summed E-state index contributed by atoms with van der Waals surface area (Å²) in [4.78, 5) is 22.2. The first-order valence-electron chi connectivity index (χ1n) is 11.9. The molecule has 0 aliphatic heterocycles. The largest absolute Gasteiger partial charge is 0.464 e. The summed E-state index contributed by atoms with van der Waals surface area (Å²) in [7, 11) is 0. The number of hydrogen-bond acceptors (Lipinski definition) is 5. The molecule has 4 rings (SSSR count). The van der Waals surface area contributed by atoms with Crippen molar-refractivity contribution < 1.29 is 22.7 Å². The summed E-state index contributed by atoms with van der Waals surface area (Å²) in [5, 5.41) is 3.04. The van der Waals surface area contributed by atoms with Gasteiger partial charge in [-0.1, -0.05) is 78.9 Å². The second-order valence-corrected chi connectivity index (χ2v) is 8.39. The molecule has 0 aliphatic carbocycles. The lowest BCUT2D eigenvalue weighted by Gasteiger charge is -2.21. The fourth-order valence-corrected chi connectivity index (χ4v) is 4.00. The number of nitrogens with one attached hydrogen (secondary N) is 1. The van der Waals surface area contributed by atoms with Crippen molar-refractivity contribution in [3.05, 3.63) is 114 Å². The Kier molecular flexibility index (Phi) is 8.18. The zero-order chi connectivity index (χ0) is 26.3. The Morgan fingerprint density at radius 2 is 1.59 bits per heavy atom. The molecule has 0 spiro atoms. The SMILES string of the molecule is CCOC(=O)C(Cc1ccccc1C(F)(F)F)Nc1ncc(-c2ccccc2)nc1Cc1ccccc1. The number of anilines is 1. The van der Waals surface area contributed by atoms with E-state index in [2.05, 4.69) is 10.3 Å². The molecular formula is C29H26F3N3O2. The van der Waals surface area contributed by atoms with Crippen molar-refractivity contribution in [2.75, 3.05) is 11.9 Å². The van der Waals surface area contributed by atoms with E-state index in [0.717, 1.165) is 17.2 Å². The fraction of sp³-hybridized carbons (Fsp3) is 0.207. The number of nitrogens with zero attached hydrogens (tertiary/aromatic N) is 2. The minimum Gasteiger partial charge on any atom is -0.464 e. The zero-order valence-electron chi connectivity index (χ0n) is 20.2. The number of benzene rings is 3. The number of halogens is 3. The lowest BCUT2D eigenvalue weighted by molar-refractivity contribution is -0.144. The minimum atomic E-state index is -4.55. The van der Waals surface area contributed by atoms with Crippen LogP contribution in [0.4, 0.5) is 19.0 Å². The van der Waals surface area contributed by atoms with Crippen molar-refractivity contribution in [3.8, 4) is 11.3 Å². The first-order chi connectivity index (χ1) is 17.8. The van der Waals surface area contributed by atoms with Crippen LogP contribution in [0.25, 0.3) is 11.3 Å². The Balaban J connectivity index is 1.71. The second kappa shape index (κ2) is 11.7. The smallest absolute Gasteiger partial charge is 0.416 e. The summed E-state index contributed by atoms with van der Waals surface area (Å²) in [5.74, 6) is -0.356. The molecule has 0 saturated heterocycles. The van der Waals surface area contributed by atoms with Crippen LogP contribution >= 0.6 is 0 Å². The summed E-state index contributed by atoms with van der Waals surface area (Å²) >= 11 is 0. The topological polar surface area (TPSA) is 64.1 Å². The number of alkyl halides is 3. The van der Waals surface area contributed by atoms with Crippen molar-refractivity contribution in [1.29, 1.82) is 0 Å². The molecular weight excluding hydrogens is 479 g/mol. The van der Waals surface area contributed by atoms with E-state index in [1.165, 1.54) is 18.2 Å². The molecule has 8 heteroatoms. The predicted octanol–water partition coefficient (Wildman–Crippen LogP) is 6.34. The lowest BCUT2D eigenvalue weighted by Crippen LogP contribution is -2.35. The van der Waals surface area contributed by atoms with Crippen LogP contribution in [0.3, 0.4) is 0 Å². The van der Waals surface area contributed by atoms with Crippen LogP contribution in [0.1, 0.15) is 29.3 Å². The first kappa shape index (κ1) is 25.9. The highest BCUT2D eigenvalue weighted by Crippen LogP contribution is 2.33. The van der Waals surface area contributed by atoms with E-state index in [9.17, 15) is 18.0 Å². The van der Waals surface area contributed by atoms with E-state index >= 15 is 0 Å². The molecule has 37 heavy (non-hydrogen) atoms. The number of esters is 1. The monoisotopic (exact) mass is 505 g/mol. The van der Waals surface area contributed by atoms with Crippen LogP contribution in [0.2, 0.25) is 0 Å². The molecule has 0 fully saturated rings. The minimum absolute atomic E-state index is 0.0148. The average molecular weight is 506 g/mol. The molecule has 0 amide bonds. The number of carbonyl (C=O) groups excluding carboxylic acids is 1. The van der Waals surface area contributed by atoms with E-state index < -0.39 is 23.8 Å². The molecule has 190 valence electrons. The number of aromatic nitrogens is 2. The van der Waals surface area contributed by atoms with Gasteiger partial charge in [0.1, 0.15) is 11.9 Å². The number of hydrogen-bond donors (Lipinski definition) is 1. The van der Waals surface area contributed by atoms with Gasteiger partial charge in [0.2, 0.25) is 0 Å². The Labute approximate surface area is 213 Å². The van der Waals surface area contributed by atoms with Gasteiger partial charge in [-0.05, 0) is 24.1 Å². The molecule has 0 bridgehead atoms. The van der Waals surface area contributed by atoms with Crippen molar-refractivity contribution in [2.45, 2.75) is 32.0 Å². The number of rotatable bonds is 9. The van der Waals surface area contributed by atoms with Crippen LogP contribution in [0, 0.1) is 0 Å². The van der Waals surface area contributed by atoms with Gasteiger partial charge in [0, 0.05) is 18.4 Å². The maximum absolute atomic E-state index is 13.6. The Bertz CT molecular complexity index is 1330. The fourth-order valence-electron chi connectivity index (χ4n) is 4.00. The van der Waals surface area contributed by atoms with Gasteiger partial charge in [0.15, 0.2) is 0 Å². The normalized spacial score (nSPS) is 12.1. The summed E-state index contributed by atoms with van der Waals surface area (Å²) in [6, 6.07) is 23.3. The summed E-state index contributed by atoms with van der Waals surface area (Å²) in [6.07, 6.45) is -2.80. The third-order valence-electron chi connectivity index (χ3n) is 5.76. The average Bonchev–Trinajstić information content (AvgIpc) is 2.90. The molecule has 1 heterocycles. The Morgan fingerprint density at radius 3 is 2.27 bits per heavy atom. The highest BCUT2D eigenvalue weighted by molar-refractivity contribution is 5.80. The Hall–Kier alpha value is -4.20.